The number of aromatic nitrogens is 6. The quantitative estimate of drug-likeness (QED) is 0.152. The molecule has 0 atom stereocenters. The van der Waals surface area contributed by atoms with Crippen LogP contribution < -0.4 is 0 Å². The molecule has 0 N–H and O–H groups in total. The van der Waals surface area contributed by atoms with Crippen molar-refractivity contribution in [3.63, 3.8) is 0 Å². The summed E-state index contributed by atoms with van der Waals surface area (Å²) >= 11 is 1.73. The van der Waals surface area contributed by atoms with Gasteiger partial charge in [0, 0.05) is 67.4 Å². The van der Waals surface area contributed by atoms with Gasteiger partial charge in [0.15, 0.2) is 5.82 Å². The minimum Gasteiger partial charge on any atom is -0.309 e. The summed E-state index contributed by atoms with van der Waals surface area (Å²) in [6.07, 6.45) is 3.71. The molecule has 0 bridgehead atoms. The number of pyridine rings is 3. The molecule has 0 unspecified atom stereocenters. The number of benzene rings is 7. The van der Waals surface area contributed by atoms with E-state index in [1.807, 2.05) is 54.9 Å². The third kappa shape index (κ3) is 6.84. The molecule has 0 aliphatic carbocycles. The number of hydrogen-bond donors (Lipinski definition) is 0. The van der Waals surface area contributed by atoms with Crippen LogP contribution in [0.1, 0.15) is 0 Å². The summed E-state index contributed by atoms with van der Waals surface area (Å²) in [5.74, 6) is 0.682. The molecule has 7 heteroatoms. The van der Waals surface area contributed by atoms with Crippen LogP contribution in [0.15, 0.2) is 231 Å². The van der Waals surface area contributed by atoms with E-state index in [1.165, 1.54) is 21.8 Å². The molecule has 0 saturated carbocycles. The smallest absolute Gasteiger partial charge is 0.160 e. The molecule has 0 fully saturated rings. The maximum atomic E-state index is 5.32. The normalized spacial score (nSPS) is 11.5. The second-order valence-corrected chi connectivity index (χ2v) is 17.8. The third-order valence-corrected chi connectivity index (χ3v) is 14.0. The Kier molecular flexibility index (Phi) is 9.58. The van der Waals surface area contributed by atoms with Crippen molar-refractivity contribution >= 4 is 54.1 Å². The number of rotatable bonds is 8. The SMILES string of the molecule is c1ccc(-c2nc(-c3ccc(-c4ccc(-c5nc6ccccc6c6c(-c7ccccn7)c(-c7ccccn7)sc56)cc4)cc3)cc(-c3cccc(-n4c5ccccc5c5ccccc54)c3)n2)cc1. The van der Waals surface area contributed by atoms with Gasteiger partial charge >= 0.3 is 0 Å². The fourth-order valence-electron chi connectivity index (χ4n) is 9.56. The Morgan fingerprint density at radius 1 is 0.368 bits per heavy atom. The van der Waals surface area contributed by atoms with Gasteiger partial charge in [-0.3, -0.25) is 9.97 Å². The molecule has 0 aliphatic rings. The first-order chi connectivity index (χ1) is 33.7. The lowest BCUT2D eigenvalue weighted by Gasteiger charge is -2.12. The van der Waals surface area contributed by atoms with Crippen LogP contribution >= 0.6 is 11.3 Å². The first-order valence-electron chi connectivity index (χ1n) is 22.6. The van der Waals surface area contributed by atoms with Gasteiger partial charge in [-0.1, -0.05) is 158 Å². The Morgan fingerprint density at radius 2 is 0.926 bits per heavy atom. The first-order valence-corrected chi connectivity index (χ1v) is 23.5. The molecule has 13 rings (SSSR count). The molecule has 13 aromatic rings. The van der Waals surface area contributed by atoms with E-state index in [1.54, 1.807) is 11.3 Å². The molecular weight excluding hydrogens is 849 g/mol. The van der Waals surface area contributed by atoms with Crippen molar-refractivity contribution in [3.8, 4) is 83.8 Å². The van der Waals surface area contributed by atoms with E-state index >= 15 is 0 Å². The van der Waals surface area contributed by atoms with Crippen LogP contribution in [0.25, 0.3) is 127 Å². The lowest BCUT2D eigenvalue weighted by Crippen LogP contribution is -1.97. The minimum absolute atomic E-state index is 0.682. The van der Waals surface area contributed by atoms with Crippen LogP contribution in [0.4, 0.5) is 0 Å². The van der Waals surface area contributed by atoms with E-state index < -0.39 is 0 Å². The van der Waals surface area contributed by atoms with Crippen molar-refractivity contribution in [2.75, 3.05) is 0 Å². The van der Waals surface area contributed by atoms with Crippen LogP contribution in [0.2, 0.25) is 0 Å². The summed E-state index contributed by atoms with van der Waals surface area (Å²) in [6.45, 7) is 0. The van der Waals surface area contributed by atoms with E-state index in [0.717, 1.165) is 99.0 Å². The fraction of sp³-hybridized carbons (Fsp3) is 0. The zero-order valence-electron chi connectivity index (χ0n) is 36.5. The second kappa shape index (κ2) is 16.5. The minimum atomic E-state index is 0.682. The van der Waals surface area contributed by atoms with Gasteiger partial charge in [-0.05, 0) is 71.8 Å². The lowest BCUT2D eigenvalue weighted by molar-refractivity contribution is 1.16. The van der Waals surface area contributed by atoms with Crippen LogP contribution in [0.5, 0.6) is 0 Å². The third-order valence-electron chi connectivity index (χ3n) is 12.8. The molecule has 6 nitrogen and oxygen atoms in total. The number of para-hydroxylation sites is 3. The predicted molar refractivity (Wildman–Crippen MR) is 281 cm³/mol. The summed E-state index contributed by atoms with van der Waals surface area (Å²) in [5, 5.41) is 4.71. The first kappa shape index (κ1) is 39.5. The average molecular weight is 887 g/mol. The predicted octanol–water partition coefficient (Wildman–Crippen LogP) is 15.8. The molecule has 7 aromatic carbocycles. The molecule has 0 spiro atoms. The zero-order chi connectivity index (χ0) is 45.0. The van der Waals surface area contributed by atoms with Gasteiger partial charge in [0.05, 0.1) is 54.6 Å². The number of fused-ring (bicyclic) bond motifs is 6. The van der Waals surface area contributed by atoms with Crippen molar-refractivity contribution in [3.05, 3.63) is 231 Å². The van der Waals surface area contributed by atoms with Crippen molar-refractivity contribution in [1.82, 2.24) is 29.5 Å². The second-order valence-electron chi connectivity index (χ2n) is 16.8. The molecule has 0 radical (unpaired) electrons. The molecule has 6 aromatic heterocycles. The molecular formula is C61H38N6S. The Bertz CT molecular complexity index is 3940. The largest absolute Gasteiger partial charge is 0.309 e. The Balaban J connectivity index is 0.872. The van der Waals surface area contributed by atoms with Crippen molar-refractivity contribution in [2.24, 2.45) is 0 Å². The van der Waals surface area contributed by atoms with Gasteiger partial charge in [0.1, 0.15) is 0 Å². The van der Waals surface area contributed by atoms with Crippen LogP contribution in [0, 0.1) is 0 Å². The summed E-state index contributed by atoms with van der Waals surface area (Å²) < 4.78 is 3.46. The van der Waals surface area contributed by atoms with Gasteiger partial charge in [-0.25, -0.2) is 15.0 Å². The summed E-state index contributed by atoms with van der Waals surface area (Å²) in [6, 6.07) is 76.3. The van der Waals surface area contributed by atoms with Crippen LogP contribution in [-0.4, -0.2) is 29.5 Å². The van der Waals surface area contributed by atoms with Gasteiger partial charge in [-0.2, -0.15) is 0 Å². The number of hydrogen-bond acceptors (Lipinski definition) is 6. The lowest BCUT2D eigenvalue weighted by atomic mass is 9.97. The molecule has 0 amide bonds. The summed E-state index contributed by atoms with van der Waals surface area (Å²) in [5.41, 5.74) is 16.2. The monoisotopic (exact) mass is 886 g/mol. The van der Waals surface area contributed by atoms with Gasteiger partial charge in [-0.15, -0.1) is 11.3 Å². The van der Waals surface area contributed by atoms with Crippen molar-refractivity contribution in [1.29, 1.82) is 0 Å². The summed E-state index contributed by atoms with van der Waals surface area (Å²) in [4.78, 5) is 26.4. The maximum absolute atomic E-state index is 5.32. The average Bonchev–Trinajstić information content (AvgIpc) is 3.99. The van der Waals surface area contributed by atoms with Gasteiger partial charge in [0.2, 0.25) is 0 Å². The Hall–Kier alpha value is -8.91. The fourth-order valence-corrected chi connectivity index (χ4v) is 10.9. The van der Waals surface area contributed by atoms with Crippen molar-refractivity contribution < 1.29 is 0 Å². The molecule has 6 heterocycles. The highest BCUT2D eigenvalue weighted by Crippen LogP contribution is 2.49. The highest BCUT2D eigenvalue weighted by molar-refractivity contribution is 7.23. The Labute approximate surface area is 396 Å². The van der Waals surface area contributed by atoms with E-state index in [9.17, 15) is 0 Å². The highest BCUT2D eigenvalue weighted by atomic mass is 32.1. The Morgan fingerprint density at radius 3 is 1.60 bits per heavy atom. The van der Waals surface area contributed by atoms with E-state index in [2.05, 4.69) is 180 Å². The van der Waals surface area contributed by atoms with Gasteiger partial charge < -0.3 is 4.57 Å². The van der Waals surface area contributed by atoms with Crippen molar-refractivity contribution in [2.45, 2.75) is 0 Å². The van der Waals surface area contributed by atoms with Crippen LogP contribution in [0.3, 0.4) is 0 Å². The topological polar surface area (TPSA) is 69.4 Å². The molecule has 318 valence electrons. The standard InChI is InChI=1S/C61H38N6S/c1-2-15-43(16-3-1)61-65-52(38-53(66-61)44-17-14-18-45(37-44)67-54-25-8-5-19-46(54)47-20-6-9-26-55(47)67)41-31-27-39(28-32-41)40-29-33-42(34-30-40)58-60-56(48-21-4-7-22-49(48)64-58)57(50-23-10-12-35-62-50)59(68-60)51-24-11-13-36-63-51/h1-38H. The van der Waals surface area contributed by atoms with Crippen LogP contribution in [-0.2, 0) is 0 Å². The van der Waals surface area contributed by atoms with E-state index in [4.69, 9.17) is 24.9 Å². The maximum Gasteiger partial charge on any atom is 0.160 e. The zero-order valence-corrected chi connectivity index (χ0v) is 37.3. The molecule has 68 heavy (non-hydrogen) atoms. The van der Waals surface area contributed by atoms with E-state index in [0.29, 0.717) is 5.82 Å². The summed E-state index contributed by atoms with van der Waals surface area (Å²) in [7, 11) is 0. The van der Waals surface area contributed by atoms with Gasteiger partial charge in [0.25, 0.3) is 0 Å². The molecule has 0 saturated heterocycles. The molecule has 0 aliphatic heterocycles. The number of nitrogens with zero attached hydrogens (tertiary/aromatic N) is 6. The van der Waals surface area contributed by atoms with E-state index in [-0.39, 0.29) is 0 Å². The number of thiophene rings is 1. The highest BCUT2D eigenvalue weighted by Gasteiger charge is 2.23.